The molecular formula is C14H19FN4O4. The number of aromatic nitrogens is 3. The van der Waals surface area contributed by atoms with E-state index in [0.717, 1.165) is 6.20 Å². The van der Waals surface area contributed by atoms with E-state index < -0.39 is 23.8 Å². The zero-order valence-corrected chi connectivity index (χ0v) is 12.8. The standard InChI is InChI=1S/C14H19FN4O4/c1-7-3-14(21,11(20)9(23-7)5-22-2)19-4-8(15)10-12(16)17-6-18-13(10)19/h4,6-7,9,11,20-21H,3,5H2,1-2H3,(H2,16,17,18)/t7?,9-,11?,14?/m1/s1. The number of fused-ring (bicyclic) bond motifs is 1. The average Bonchev–Trinajstić information content (AvgIpc) is 2.84. The maximum absolute atomic E-state index is 14.2. The Morgan fingerprint density at radius 3 is 3.00 bits per heavy atom. The van der Waals surface area contributed by atoms with Crippen molar-refractivity contribution in [3.05, 3.63) is 18.3 Å². The molecule has 4 N–H and O–H groups in total. The van der Waals surface area contributed by atoms with Gasteiger partial charge in [0, 0.05) is 19.7 Å². The van der Waals surface area contributed by atoms with Gasteiger partial charge in [-0.05, 0) is 6.92 Å². The van der Waals surface area contributed by atoms with Crippen LogP contribution in [0.5, 0.6) is 0 Å². The van der Waals surface area contributed by atoms with Gasteiger partial charge in [-0.2, -0.15) is 0 Å². The normalized spacial score (nSPS) is 31.6. The molecule has 1 aliphatic rings. The van der Waals surface area contributed by atoms with Crippen LogP contribution in [-0.2, 0) is 15.2 Å². The number of aliphatic hydroxyl groups excluding tert-OH is 1. The first-order chi connectivity index (χ1) is 10.9. The monoisotopic (exact) mass is 326 g/mol. The molecule has 0 aliphatic carbocycles. The van der Waals surface area contributed by atoms with Gasteiger partial charge >= 0.3 is 0 Å². The highest BCUT2D eigenvalue weighted by Gasteiger charge is 2.49. The summed E-state index contributed by atoms with van der Waals surface area (Å²) < 4.78 is 26.0. The lowest BCUT2D eigenvalue weighted by atomic mass is 9.91. The van der Waals surface area contributed by atoms with E-state index in [2.05, 4.69) is 9.97 Å². The third-order valence-electron chi connectivity index (χ3n) is 4.13. The maximum Gasteiger partial charge on any atom is 0.174 e. The molecule has 9 heteroatoms. The van der Waals surface area contributed by atoms with E-state index in [1.54, 1.807) is 6.92 Å². The molecule has 0 saturated carbocycles. The summed E-state index contributed by atoms with van der Waals surface area (Å²) >= 11 is 0. The predicted molar refractivity (Wildman–Crippen MR) is 78.9 cm³/mol. The first-order valence-electron chi connectivity index (χ1n) is 7.20. The molecule has 0 radical (unpaired) electrons. The van der Waals surface area contributed by atoms with E-state index in [1.165, 1.54) is 18.0 Å². The Hall–Kier alpha value is -1.81. The van der Waals surface area contributed by atoms with Crippen molar-refractivity contribution in [2.24, 2.45) is 0 Å². The van der Waals surface area contributed by atoms with Crippen LogP contribution in [0.15, 0.2) is 12.5 Å². The average molecular weight is 326 g/mol. The summed E-state index contributed by atoms with van der Waals surface area (Å²) in [6.45, 7) is 1.84. The van der Waals surface area contributed by atoms with E-state index in [1.807, 2.05) is 0 Å². The first-order valence-corrected chi connectivity index (χ1v) is 7.20. The van der Waals surface area contributed by atoms with Crippen molar-refractivity contribution in [2.45, 2.75) is 37.4 Å². The van der Waals surface area contributed by atoms with Crippen LogP contribution >= 0.6 is 0 Å². The van der Waals surface area contributed by atoms with Crippen molar-refractivity contribution >= 4 is 16.9 Å². The van der Waals surface area contributed by atoms with Gasteiger partial charge in [0.25, 0.3) is 0 Å². The van der Waals surface area contributed by atoms with Crippen LogP contribution in [0, 0.1) is 5.82 Å². The summed E-state index contributed by atoms with van der Waals surface area (Å²) in [5, 5.41) is 21.7. The highest BCUT2D eigenvalue weighted by atomic mass is 19.1. The molecule has 2 aromatic rings. The second kappa shape index (κ2) is 5.68. The molecule has 0 bridgehead atoms. The van der Waals surface area contributed by atoms with Gasteiger partial charge < -0.3 is 25.4 Å². The second-order valence-corrected chi connectivity index (χ2v) is 5.77. The van der Waals surface area contributed by atoms with Crippen LogP contribution in [0.1, 0.15) is 13.3 Å². The van der Waals surface area contributed by atoms with E-state index in [9.17, 15) is 14.6 Å². The number of aliphatic hydroxyl groups is 2. The third-order valence-corrected chi connectivity index (χ3v) is 4.13. The predicted octanol–water partition coefficient (Wildman–Crippen LogP) is -0.0176. The fourth-order valence-corrected chi connectivity index (χ4v) is 3.13. The van der Waals surface area contributed by atoms with E-state index in [0.29, 0.717) is 0 Å². The van der Waals surface area contributed by atoms with Gasteiger partial charge in [0.2, 0.25) is 0 Å². The molecule has 3 unspecified atom stereocenters. The minimum atomic E-state index is -1.80. The van der Waals surface area contributed by atoms with Crippen molar-refractivity contribution in [3.63, 3.8) is 0 Å². The number of nitrogen functional groups attached to an aromatic ring is 1. The minimum absolute atomic E-state index is 0.00978. The first kappa shape index (κ1) is 16.1. The lowest BCUT2D eigenvalue weighted by Crippen LogP contribution is -2.59. The molecule has 8 nitrogen and oxygen atoms in total. The molecule has 3 heterocycles. The molecule has 1 fully saturated rings. The van der Waals surface area contributed by atoms with Crippen LogP contribution in [0.3, 0.4) is 0 Å². The Balaban J connectivity index is 2.14. The number of nitrogens with two attached hydrogens (primary N) is 1. The van der Waals surface area contributed by atoms with Crippen molar-refractivity contribution < 1.29 is 24.1 Å². The summed E-state index contributed by atoms with van der Waals surface area (Å²) in [5.41, 5.74) is 4.00. The van der Waals surface area contributed by atoms with Crippen LogP contribution in [0.4, 0.5) is 10.2 Å². The molecule has 0 aromatic carbocycles. The zero-order valence-electron chi connectivity index (χ0n) is 12.8. The third kappa shape index (κ3) is 2.45. The van der Waals surface area contributed by atoms with Gasteiger partial charge in [-0.3, -0.25) is 4.57 Å². The number of rotatable bonds is 3. The summed E-state index contributed by atoms with van der Waals surface area (Å²) in [7, 11) is 1.47. The Kier molecular flexibility index (Phi) is 3.96. The molecule has 1 saturated heterocycles. The van der Waals surface area contributed by atoms with Crippen molar-refractivity contribution in [1.29, 1.82) is 0 Å². The molecule has 1 aliphatic heterocycles. The smallest absolute Gasteiger partial charge is 0.174 e. The van der Waals surface area contributed by atoms with Gasteiger partial charge in [-0.1, -0.05) is 0 Å². The molecule has 2 aromatic heterocycles. The largest absolute Gasteiger partial charge is 0.385 e. The Bertz CT molecular complexity index is 724. The Labute approximate surface area is 131 Å². The SMILES string of the molecule is COC[C@H]1OC(C)CC(O)(n2cc(F)c3c(N)ncnc32)C1O. The van der Waals surface area contributed by atoms with Crippen LogP contribution in [-0.4, -0.2) is 56.8 Å². The highest BCUT2D eigenvalue weighted by Crippen LogP contribution is 2.37. The summed E-state index contributed by atoms with van der Waals surface area (Å²) in [6, 6.07) is 0. The number of nitrogens with zero attached hydrogens (tertiary/aromatic N) is 3. The Morgan fingerprint density at radius 1 is 1.57 bits per heavy atom. The van der Waals surface area contributed by atoms with Gasteiger partial charge in [0.15, 0.2) is 17.2 Å². The van der Waals surface area contributed by atoms with Gasteiger partial charge in [-0.25, -0.2) is 14.4 Å². The number of ether oxygens (including phenoxy) is 2. The maximum atomic E-state index is 14.2. The minimum Gasteiger partial charge on any atom is -0.385 e. The van der Waals surface area contributed by atoms with E-state index >= 15 is 0 Å². The summed E-state index contributed by atoms with van der Waals surface area (Å²) in [4.78, 5) is 7.75. The number of anilines is 1. The molecular weight excluding hydrogens is 307 g/mol. The van der Waals surface area contributed by atoms with Crippen molar-refractivity contribution in [3.8, 4) is 0 Å². The number of halogens is 1. The van der Waals surface area contributed by atoms with E-state index in [4.69, 9.17) is 15.2 Å². The van der Waals surface area contributed by atoms with Crippen LogP contribution < -0.4 is 5.73 Å². The van der Waals surface area contributed by atoms with Crippen LogP contribution in [0.2, 0.25) is 0 Å². The van der Waals surface area contributed by atoms with Gasteiger partial charge in [-0.15, -0.1) is 0 Å². The van der Waals surface area contributed by atoms with Crippen molar-refractivity contribution in [2.75, 3.05) is 19.5 Å². The molecule has 4 atom stereocenters. The second-order valence-electron chi connectivity index (χ2n) is 5.77. The summed E-state index contributed by atoms with van der Waals surface area (Å²) in [6.07, 6.45) is -0.150. The zero-order chi connectivity index (χ0) is 16.8. The molecule has 126 valence electrons. The van der Waals surface area contributed by atoms with E-state index in [-0.39, 0.29) is 36.0 Å². The number of hydrogen-bond acceptors (Lipinski definition) is 7. The molecule has 0 spiro atoms. The molecule has 0 amide bonds. The van der Waals surface area contributed by atoms with Crippen molar-refractivity contribution in [1.82, 2.24) is 14.5 Å². The highest BCUT2D eigenvalue weighted by molar-refractivity contribution is 5.87. The number of methoxy groups -OCH3 is 1. The topological polar surface area (TPSA) is 116 Å². The Morgan fingerprint density at radius 2 is 2.30 bits per heavy atom. The summed E-state index contributed by atoms with van der Waals surface area (Å²) in [5.74, 6) is -0.695. The lowest BCUT2D eigenvalue weighted by molar-refractivity contribution is -0.254. The fraction of sp³-hybridized carbons (Fsp3) is 0.571. The van der Waals surface area contributed by atoms with Crippen LogP contribution in [0.25, 0.3) is 11.0 Å². The lowest BCUT2D eigenvalue weighted by Gasteiger charge is -2.44. The van der Waals surface area contributed by atoms with Gasteiger partial charge in [0.05, 0.1) is 18.1 Å². The quantitative estimate of drug-likeness (QED) is 0.726. The molecule has 23 heavy (non-hydrogen) atoms. The number of hydrogen-bond donors (Lipinski definition) is 3. The van der Waals surface area contributed by atoms with Gasteiger partial charge in [0.1, 0.15) is 24.4 Å². The molecule has 3 rings (SSSR count). The fourth-order valence-electron chi connectivity index (χ4n) is 3.13.